The zero-order valence-corrected chi connectivity index (χ0v) is 12.8. The molecule has 0 radical (unpaired) electrons. The Balaban J connectivity index is 2.17. The van der Waals surface area contributed by atoms with Crippen molar-refractivity contribution >= 4 is 17.5 Å². The molecule has 2 rings (SSSR count). The van der Waals surface area contributed by atoms with E-state index < -0.39 is 0 Å². The summed E-state index contributed by atoms with van der Waals surface area (Å²) in [5.74, 6) is 0.562. The molecule has 20 heavy (non-hydrogen) atoms. The molecule has 0 spiro atoms. The van der Waals surface area contributed by atoms with Gasteiger partial charge in [-0.2, -0.15) is 5.10 Å². The third-order valence-electron chi connectivity index (χ3n) is 3.20. The summed E-state index contributed by atoms with van der Waals surface area (Å²) in [4.78, 5) is 4.53. The molecule has 1 aromatic heterocycles. The van der Waals surface area contributed by atoms with Crippen LogP contribution < -0.4 is 5.32 Å². The predicted molar refractivity (Wildman–Crippen MR) is 82.1 cm³/mol. The molecule has 0 fully saturated rings. The molecule has 1 aromatic carbocycles. The molecule has 0 bridgehead atoms. The maximum Gasteiger partial charge on any atom is 0.243 e. The standard InChI is InChI=1S/C15H19ClN4/c1-4-13-14(5-2)19-20-15(18-13)17-10(3)11-7-6-8-12(16)9-11/h6-10H,4-5H2,1-3H3,(H,17,18,20). The lowest BCUT2D eigenvalue weighted by Crippen LogP contribution is -2.12. The van der Waals surface area contributed by atoms with E-state index in [0.717, 1.165) is 34.8 Å². The zero-order valence-electron chi connectivity index (χ0n) is 12.0. The Kier molecular flexibility index (Phi) is 4.90. The van der Waals surface area contributed by atoms with E-state index in [1.165, 1.54) is 0 Å². The number of nitrogens with one attached hydrogen (secondary N) is 1. The van der Waals surface area contributed by atoms with Crippen molar-refractivity contribution in [3.8, 4) is 0 Å². The van der Waals surface area contributed by atoms with Crippen LogP contribution in [0, 0.1) is 0 Å². The van der Waals surface area contributed by atoms with Crippen molar-refractivity contribution in [1.82, 2.24) is 15.2 Å². The fraction of sp³-hybridized carbons (Fsp3) is 0.400. The fourth-order valence-corrected chi connectivity index (χ4v) is 2.25. The molecule has 0 aliphatic heterocycles. The van der Waals surface area contributed by atoms with Gasteiger partial charge >= 0.3 is 0 Å². The first-order valence-electron chi connectivity index (χ1n) is 6.88. The molecule has 2 aromatic rings. The van der Waals surface area contributed by atoms with E-state index in [1.807, 2.05) is 31.2 Å². The third kappa shape index (κ3) is 3.45. The summed E-state index contributed by atoms with van der Waals surface area (Å²) in [6.45, 7) is 6.19. The van der Waals surface area contributed by atoms with E-state index in [1.54, 1.807) is 0 Å². The number of halogens is 1. The number of aromatic nitrogens is 3. The topological polar surface area (TPSA) is 50.7 Å². The maximum atomic E-state index is 6.01. The molecule has 0 amide bonds. The van der Waals surface area contributed by atoms with Gasteiger partial charge in [-0.25, -0.2) is 4.98 Å². The Morgan fingerprint density at radius 3 is 2.55 bits per heavy atom. The van der Waals surface area contributed by atoms with Gasteiger partial charge in [-0.3, -0.25) is 0 Å². The summed E-state index contributed by atoms with van der Waals surface area (Å²) in [6, 6.07) is 7.84. The van der Waals surface area contributed by atoms with Gasteiger partial charge in [-0.05, 0) is 37.5 Å². The third-order valence-corrected chi connectivity index (χ3v) is 3.44. The van der Waals surface area contributed by atoms with E-state index in [0.29, 0.717) is 5.95 Å². The van der Waals surface area contributed by atoms with Crippen LogP contribution in [0.25, 0.3) is 0 Å². The molecule has 0 saturated carbocycles. The van der Waals surface area contributed by atoms with Gasteiger partial charge in [0, 0.05) is 5.02 Å². The Bertz CT molecular complexity index is 586. The molecule has 0 saturated heterocycles. The van der Waals surface area contributed by atoms with E-state index in [4.69, 9.17) is 11.6 Å². The largest absolute Gasteiger partial charge is 0.346 e. The van der Waals surface area contributed by atoms with Crippen LogP contribution in [0.15, 0.2) is 24.3 Å². The summed E-state index contributed by atoms with van der Waals surface area (Å²) >= 11 is 6.01. The van der Waals surface area contributed by atoms with Crippen LogP contribution in [0.5, 0.6) is 0 Å². The van der Waals surface area contributed by atoms with Gasteiger partial charge in [0.2, 0.25) is 5.95 Å². The quantitative estimate of drug-likeness (QED) is 0.909. The van der Waals surface area contributed by atoms with E-state index in [-0.39, 0.29) is 6.04 Å². The van der Waals surface area contributed by atoms with Crippen molar-refractivity contribution < 1.29 is 0 Å². The minimum Gasteiger partial charge on any atom is -0.346 e. The summed E-state index contributed by atoms with van der Waals surface area (Å²) in [7, 11) is 0. The number of nitrogens with zero attached hydrogens (tertiary/aromatic N) is 3. The highest BCUT2D eigenvalue weighted by atomic mass is 35.5. The van der Waals surface area contributed by atoms with Gasteiger partial charge in [0.1, 0.15) is 0 Å². The minimum atomic E-state index is 0.0766. The number of hydrogen-bond acceptors (Lipinski definition) is 4. The van der Waals surface area contributed by atoms with Gasteiger partial charge in [0.05, 0.1) is 17.4 Å². The normalized spacial score (nSPS) is 12.2. The molecule has 1 atom stereocenters. The van der Waals surface area contributed by atoms with Gasteiger partial charge in [-0.1, -0.05) is 37.6 Å². The Morgan fingerprint density at radius 2 is 1.90 bits per heavy atom. The highest BCUT2D eigenvalue weighted by Gasteiger charge is 2.10. The van der Waals surface area contributed by atoms with Gasteiger partial charge in [0.25, 0.3) is 0 Å². The van der Waals surface area contributed by atoms with E-state index in [2.05, 4.69) is 34.3 Å². The number of rotatable bonds is 5. The molecular weight excluding hydrogens is 272 g/mol. The summed E-state index contributed by atoms with van der Waals surface area (Å²) in [6.07, 6.45) is 1.71. The predicted octanol–water partition coefficient (Wildman–Crippen LogP) is 3.82. The highest BCUT2D eigenvalue weighted by Crippen LogP contribution is 2.20. The van der Waals surface area contributed by atoms with Crippen LogP contribution in [0.4, 0.5) is 5.95 Å². The van der Waals surface area contributed by atoms with Crippen LogP contribution in [0.2, 0.25) is 5.02 Å². The second-order valence-electron chi connectivity index (χ2n) is 4.66. The number of benzene rings is 1. The smallest absolute Gasteiger partial charge is 0.243 e. The van der Waals surface area contributed by atoms with Gasteiger partial charge < -0.3 is 5.32 Å². The molecule has 106 valence electrons. The average molecular weight is 291 g/mol. The minimum absolute atomic E-state index is 0.0766. The molecule has 1 N–H and O–H groups in total. The molecular formula is C15H19ClN4. The first kappa shape index (κ1) is 14.7. The van der Waals surface area contributed by atoms with Crippen LogP contribution in [-0.2, 0) is 12.8 Å². The van der Waals surface area contributed by atoms with Crippen LogP contribution in [0.3, 0.4) is 0 Å². The summed E-state index contributed by atoms with van der Waals surface area (Å²) in [5, 5.41) is 12.4. The SMILES string of the molecule is CCc1nnc(NC(C)c2cccc(Cl)c2)nc1CC. The monoisotopic (exact) mass is 290 g/mol. The molecule has 4 nitrogen and oxygen atoms in total. The summed E-state index contributed by atoms with van der Waals surface area (Å²) in [5.41, 5.74) is 3.07. The maximum absolute atomic E-state index is 6.01. The first-order valence-corrected chi connectivity index (χ1v) is 7.26. The molecule has 5 heteroatoms. The second-order valence-corrected chi connectivity index (χ2v) is 5.09. The lowest BCUT2D eigenvalue weighted by atomic mass is 10.1. The lowest BCUT2D eigenvalue weighted by Gasteiger charge is -2.15. The molecule has 0 aliphatic carbocycles. The van der Waals surface area contributed by atoms with Crippen LogP contribution in [0.1, 0.15) is 43.8 Å². The molecule has 0 aliphatic rings. The van der Waals surface area contributed by atoms with Crippen molar-refractivity contribution in [2.24, 2.45) is 0 Å². The Hall–Kier alpha value is -1.68. The Morgan fingerprint density at radius 1 is 1.15 bits per heavy atom. The highest BCUT2D eigenvalue weighted by molar-refractivity contribution is 6.30. The van der Waals surface area contributed by atoms with Crippen molar-refractivity contribution in [3.63, 3.8) is 0 Å². The second kappa shape index (κ2) is 6.66. The van der Waals surface area contributed by atoms with Crippen molar-refractivity contribution in [3.05, 3.63) is 46.2 Å². The first-order chi connectivity index (χ1) is 9.63. The number of anilines is 1. The van der Waals surface area contributed by atoms with Gasteiger partial charge in [0.15, 0.2) is 0 Å². The number of aryl methyl sites for hydroxylation is 2. The van der Waals surface area contributed by atoms with Crippen molar-refractivity contribution in [2.45, 2.75) is 39.7 Å². The molecule has 1 unspecified atom stereocenters. The lowest BCUT2D eigenvalue weighted by molar-refractivity contribution is 0.790. The zero-order chi connectivity index (χ0) is 14.5. The van der Waals surface area contributed by atoms with Crippen LogP contribution >= 0.6 is 11.6 Å². The fourth-order valence-electron chi connectivity index (χ4n) is 2.05. The van der Waals surface area contributed by atoms with E-state index >= 15 is 0 Å². The van der Waals surface area contributed by atoms with Gasteiger partial charge in [-0.15, -0.1) is 5.10 Å². The van der Waals surface area contributed by atoms with Crippen molar-refractivity contribution in [1.29, 1.82) is 0 Å². The van der Waals surface area contributed by atoms with Crippen molar-refractivity contribution in [2.75, 3.05) is 5.32 Å². The number of hydrogen-bond donors (Lipinski definition) is 1. The Labute approximate surface area is 124 Å². The van der Waals surface area contributed by atoms with E-state index in [9.17, 15) is 0 Å². The summed E-state index contributed by atoms with van der Waals surface area (Å²) < 4.78 is 0. The average Bonchev–Trinajstić information content (AvgIpc) is 2.47. The van der Waals surface area contributed by atoms with Crippen LogP contribution in [-0.4, -0.2) is 15.2 Å². The molecule has 1 heterocycles.